The summed E-state index contributed by atoms with van der Waals surface area (Å²) in [6, 6.07) is 18.7. The van der Waals surface area contributed by atoms with Crippen LogP contribution in [-0.2, 0) is 5.41 Å². The van der Waals surface area contributed by atoms with E-state index in [1.54, 1.807) is 0 Å². The minimum atomic E-state index is -0.0555. The molecule has 2 aromatic rings. The lowest BCUT2D eigenvalue weighted by atomic mass is 9.64. The van der Waals surface area contributed by atoms with Gasteiger partial charge in [-0.15, -0.1) is 6.58 Å². The van der Waals surface area contributed by atoms with Crippen LogP contribution < -0.4 is 10.6 Å². The molecular weight excluding hydrogens is 372 g/mol. The van der Waals surface area contributed by atoms with E-state index in [2.05, 4.69) is 57.3 Å². The standard InChI is InChI=1S/C25H30N4O/c1-2-12-26-22-10-8-19(9-11-22)24(30)27-23-20-15-28-13-14-29(16-20)18-25(23,17-28)21-6-4-3-5-7-21/h2-11,20,23,26H,1,12-18H2,(H,27,30). The number of nitrogens with one attached hydrogen (secondary N) is 2. The molecule has 5 heteroatoms. The van der Waals surface area contributed by atoms with Gasteiger partial charge in [-0.1, -0.05) is 36.4 Å². The highest BCUT2D eigenvalue weighted by Crippen LogP contribution is 2.43. The number of hydrogen-bond acceptors (Lipinski definition) is 4. The third kappa shape index (κ3) is 3.42. The van der Waals surface area contributed by atoms with Crippen molar-refractivity contribution < 1.29 is 4.79 Å². The predicted molar refractivity (Wildman–Crippen MR) is 121 cm³/mol. The zero-order valence-electron chi connectivity index (χ0n) is 17.4. The van der Waals surface area contributed by atoms with Crippen molar-refractivity contribution in [3.63, 3.8) is 0 Å². The number of carbonyl (C=O) groups is 1. The first-order valence-electron chi connectivity index (χ1n) is 10.9. The van der Waals surface area contributed by atoms with Crippen molar-refractivity contribution in [2.24, 2.45) is 5.92 Å². The van der Waals surface area contributed by atoms with E-state index >= 15 is 0 Å². The van der Waals surface area contributed by atoms with Crippen LogP contribution in [0.2, 0.25) is 0 Å². The maximum absolute atomic E-state index is 13.2. The van der Waals surface area contributed by atoms with Crippen molar-refractivity contribution in [2.45, 2.75) is 11.5 Å². The molecule has 4 aliphatic heterocycles. The fourth-order valence-electron chi connectivity index (χ4n) is 5.72. The van der Waals surface area contributed by atoms with Gasteiger partial charge in [0.1, 0.15) is 0 Å². The molecule has 3 atom stereocenters. The van der Waals surface area contributed by atoms with Gasteiger partial charge in [-0.2, -0.15) is 0 Å². The van der Waals surface area contributed by atoms with Crippen LogP contribution in [0.3, 0.4) is 0 Å². The molecule has 4 aliphatic rings. The summed E-state index contributed by atoms with van der Waals surface area (Å²) in [6.45, 7) is 10.9. The zero-order valence-corrected chi connectivity index (χ0v) is 17.4. The Morgan fingerprint density at radius 3 is 2.33 bits per heavy atom. The Labute approximate surface area is 178 Å². The second kappa shape index (κ2) is 7.89. The molecule has 3 unspecified atom stereocenters. The van der Waals surface area contributed by atoms with Crippen LogP contribution in [0.4, 0.5) is 5.69 Å². The Morgan fingerprint density at radius 1 is 1.03 bits per heavy atom. The minimum Gasteiger partial charge on any atom is -0.382 e. The molecule has 4 heterocycles. The summed E-state index contributed by atoms with van der Waals surface area (Å²) >= 11 is 0. The van der Waals surface area contributed by atoms with Gasteiger partial charge in [0.05, 0.1) is 0 Å². The molecule has 0 spiro atoms. The quantitative estimate of drug-likeness (QED) is 0.730. The third-order valence-corrected chi connectivity index (χ3v) is 7.03. The van der Waals surface area contributed by atoms with Gasteiger partial charge in [0, 0.05) is 74.4 Å². The van der Waals surface area contributed by atoms with E-state index in [1.165, 1.54) is 5.56 Å². The van der Waals surface area contributed by atoms with Gasteiger partial charge < -0.3 is 20.4 Å². The Morgan fingerprint density at radius 2 is 1.70 bits per heavy atom. The number of fused-ring (bicyclic) bond motifs is 1. The number of carbonyl (C=O) groups excluding carboxylic acids is 1. The van der Waals surface area contributed by atoms with E-state index < -0.39 is 0 Å². The topological polar surface area (TPSA) is 47.6 Å². The molecule has 2 aromatic carbocycles. The largest absolute Gasteiger partial charge is 0.382 e. The van der Waals surface area contributed by atoms with Gasteiger partial charge in [-0.3, -0.25) is 4.79 Å². The highest BCUT2D eigenvalue weighted by Gasteiger charge is 2.55. The van der Waals surface area contributed by atoms with E-state index in [0.29, 0.717) is 12.5 Å². The van der Waals surface area contributed by atoms with E-state index in [0.717, 1.165) is 50.5 Å². The van der Waals surface area contributed by atoms with Crippen LogP contribution in [0.25, 0.3) is 0 Å². The normalized spacial score (nSPS) is 31.7. The maximum Gasteiger partial charge on any atom is 0.251 e. The molecular formula is C25H30N4O. The van der Waals surface area contributed by atoms with Crippen molar-refractivity contribution in [1.82, 2.24) is 15.1 Å². The summed E-state index contributed by atoms with van der Waals surface area (Å²) in [5, 5.41) is 6.74. The Bertz CT molecular complexity index is 895. The number of amides is 1. The van der Waals surface area contributed by atoms with Crippen LogP contribution in [0, 0.1) is 5.92 Å². The van der Waals surface area contributed by atoms with Gasteiger partial charge in [0.15, 0.2) is 0 Å². The van der Waals surface area contributed by atoms with Crippen molar-refractivity contribution in [2.75, 3.05) is 51.1 Å². The van der Waals surface area contributed by atoms with Gasteiger partial charge in [-0.05, 0) is 29.8 Å². The average molecular weight is 403 g/mol. The first kappa shape index (κ1) is 19.3. The Kier molecular flexibility index (Phi) is 5.09. The molecule has 4 bridgehead atoms. The monoisotopic (exact) mass is 402 g/mol. The molecule has 0 aliphatic carbocycles. The SMILES string of the molecule is C=CCNc1ccc(C(=O)NC2C3CN4CCN(C3)CC2(c2ccccc2)C4)cc1. The number of piperidine rings is 2. The summed E-state index contributed by atoms with van der Waals surface area (Å²) in [5.41, 5.74) is 3.01. The van der Waals surface area contributed by atoms with Crippen LogP contribution in [-0.4, -0.2) is 67.6 Å². The second-order valence-electron chi connectivity index (χ2n) is 8.95. The van der Waals surface area contributed by atoms with Crippen molar-refractivity contribution in [3.8, 4) is 0 Å². The van der Waals surface area contributed by atoms with Gasteiger partial charge in [-0.25, -0.2) is 0 Å². The molecule has 156 valence electrons. The first-order chi connectivity index (χ1) is 14.7. The average Bonchev–Trinajstić information content (AvgIpc) is 3.03. The van der Waals surface area contributed by atoms with Crippen LogP contribution >= 0.6 is 0 Å². The van der Waals surface area contributed by atoms with Crippen LogP contribution in [0.1, 0.15) is 15.9 Å². The van der Waals surface area contributed by atoms with Crippen LogP contribution in [0.15, 0.2) is 67.3 Å². The molecule has 5 nitrogen and oxygen atoms in total. The lowest BCUT2D eigenvalue weighted by Gasteiger charge is -2.55. The Hall–Kier alpha value is -2.63. The molecule has 1 amide bonds. The fourth-order valence-corrected chi connectivity index (χ4v) is 5.72. The van der Waals surface area contributed by atoms with E-state index in [4.69, 9.17) is 0 Å². The molecule has 4 fully saturated rings. The maximum atomic E-state index is 13.2. The summed E-state index contributed by atoms with van der Waals surface area (Å²) < 4.78 is 0. The number of hydrogen-bond donors (Lipinski definition) is 2. The molecule has 0 radical (unpaired) electrons. The fraction of sp³-hybridized carbons (Fsp3) is 0.400. The van der Waals surface area contributed by atoms with Gasteiger partial charge in [0.25, 0.3) is 5.91 Å². The zero-order chi connectivity index (χ0) is 20.6. The van der Waals surface area contributed by atoms with E-state index in [9.17, 15) is 4.79 Å². The highest BCUT2D eigenvalue weighted by atomic mass is 16.1. The molecule has 4 saturated heterocycles. The third-order valence-electron chi connectivity index (χ3n) is 7.03. The number of nitrogens with zero attached hydrogens (tertiary/aromatic N) is 2. The molecule has 0 saturated carbocycles. The molecule has 6 rings (SSSR count). The predicted octanol–water partition coefficient (Wildman–Crippen LogP) is 2.58. The number of rotatable bonds is 6. The van der Waals surface area contributed by atoms with Crippen molar-refractivity contribution in [1.29, 1.82) is 0 Å². The van der Waals surface area contributed by atoms with Gasteiger partial charge in [0.2, 0.25) is 0 Å². The lowest BCUT2D eigenvalue weighted by molar-refractivity contribution is 0.0180. The lowest BCUT2D eigenvalue weighted by Crippen LogP contribution is -2.70. The van der Waals surface area contributed by atoms with E-state index in [-0.39, 0.29) is 17.4 Å². The first-order valence-corrected chi connectivity index (χ1v) is 10.9. The molecule has 2 N–H and O–H groups in total. The summed E-state index contributed by atoms with van der Waals surface area (Å²) in [7, 11) is 0. The van der Waals surface area contributed by atoms with Crippen LogP contribution in [0.5, 0.6) is 0 Å². The van der Waals surface area contributed by atoms with Crippen molar-refractivity contribution in [3.05, 3.63) is 78.4 Å². The number of benzene rings is 2. The second-order valence-corrected chi connectivity index (χ2v) is 8.95. The van der Waals surface area contributed by atoms with Crippen molar-refractivity contribution >= 4 is 11.6 Å². The number of anilines is 1. The molecule has 0 aromatic heterocycles. The Balaban J connectivity index is 1.42. The summed E-state index contributed by atoms with van der Waals surface area (Å²) in [4.78, 5) is 18.5. The molecule has 30 heavy (non-hydrogen) atoms. The highest BCUT2D eigenvalue weighted by molar-refractivity contribution is 5.95. The summed E-state index contributed by atoms with van der Waals surface area (Å²) in [5.74, 6) is 0.481. The summed E-state index contributed by atoms with van der Waals surface area (Å²) in [6.07, 6.45) is 1.82. The smallest absolute Gasteiger partial charge is 0.251 e. The van der Waals surface area contributed by atoms with E-state index in [1.807, 2.05) is 30.3 Å². The van der Waals surface area contributed by atoms with Gasteiger partial charge >= 0.3 is 0 Å². The minimum absolute atomic E-state index is 0.0294.